The molecule has 78 valence electrons. The molecule has 1 aromatic carbocycles. The first-order valence-electron chi connectivity index (χ1n) is 4.20. The highest BCUT2D eigenvalue weighted by Crippen LogP contribution is 2.19. The lowest BCUT2D eigenvalue weighted by Gasteiger charge is -2.11. The minimum absolute atomic E-state index is 0.324. The highest BCUT2D eigenvalue weighted by molar-refractivity contribution is 7.92. The minimum atomic E-state index is -3.23. The first-order valence-corrected chi connectivity index (χ1v) is 6.09. The molecular weight excluding hydrogens is 200 g/mol. The Labute approximate surface area is 84.2 Å². The maximum absolute atomic E-state index is 11.0. The van der Waals surface area contributed by atoms with E-state index in [0.29, 0.717) is 12.2 Å². The predicted octanol–water partition coefficient (Wildman–Crippen LogP) is 0.825. The number of nitrogens with one attached hydrogen (secondary N) is 1. The number of rotatable bonds is 3. The van der Waals surface area contributed by atoms with Crippen LogP contribution in [0.15, 0.2) is 18.2 Å². The van der Waals surface area contributed by atoms with Crippen molar-refractivity contribution >= 4 is 15.7 Å². The Bertz CT molecular complexity index is 426. The first-order chi connectivity index (χ1) is 6.44. The fraction of sp³-hybridized carbons (Fsp3) is 0.333. The van der Waals surface area contributed by atoms with Gasteiger partial charge < -0.3 is 5.73 Å². The zero-order valence-corrected chi connectivity index (χ0v) is 9.06. The van der Waals surface area contributed by atoms with Crippen molar-refractivity contribution < 1.29 is 8.42 Å². The summed E-state index contributed by atoms with van der Waals surface area (Å²) in [5, 5.41) is 0. The van der Waals surface area contributed by atoms with Crippen molar-refractivity contribution in [2.45, 2.75) is 13.5 Å². The first kappa shape index (κ1) is 11.0. The van der Waals surface area contributed by atoms with Crippen LogP contribution in [0.5, 0.6) is 0 Å². The molecule has 0 atom stereocenters. The molecule has 0 heterocycles. The number of nitrogens with two attached hydrogens (primary N) is 1. The summed E-state index contributed by atoms with van der Waals surface area (Å²) < 4.78 is 24.5. The maximum atomic E-state index is 11.0. The van der Waals surface area contributed by atoms with Crippen molar-refractivity contribution in [3.05, 3.63) is 29.3 Å². The van der Waals surface area contributed by atoms with Crippen LogP contribution in [0.3, 0.4) is 0 Å². The van der Waals surface area contributed by atoms with Crippen LogP contribution >= 0.6 is 0 Å². The van der Waals surface area contributed by atoms with Gasteiger partial charge >= 0.3 is 0 Å². The number of sulfonamides is 1. The van der Waals surface area contributed by atoms with Crippen LogP contribution in [0.2, 0.25) is 0 Å². The summed E-state index contributed by atoms with van der Waals surface area (Å²) in [6, 6.07) is 5.40. The van der Waals surface area contributed by atoms with Gasteiger partial charge in [-0.2, -0.15) is 0 Å². The third kappa shape index (κ3) is 2.71. The summed E-state index contributed by atoms with van der Waals surface area (Å²) in [4.78, 5) is 0. The monoisotopic (exact) mass is 214 g/mol. The molecule has 0 aromatic heterocycles. The molecule has 0 saturated heterocycles. The number of hydrogen-bond acceptors (Lipinski definition) is 3. The third-order valence-corrected chi connectivity index (χ3v) is 2.50. The molecule has 5 heteroatoms. The summed E-state index contributed by atoms with van der Waals surface area (Å²) in [6.07, 6.45) is 1.12. The Hall–Kier alpha value is -1.07. The SMILES string of the molecule is Cc1cccc(NS(C)(=O)=O)c1CN. The lowest BCUT2D eigenvalue weighted by molar-refractivity contribution is 0.606. The Kier molecular flexibility index (Phi) is 3.13. The van der Waals surface area contributed by atoms with Gasteiger partial charge in [-0.05, 0) is 24.1 Å². The van der Waals surface area contributed by atoms with Gasteiger partial charge in [-0.15, -0.1) is 0 Å². The van der Waals surface area contributed by atoms with Crippen LogP contribution in [0, 0.1) is 6.92 Å². The van der Waals surface area contributed by atoms with Crippen LogP contribution in [-0.4, -0.2) is 14.7 Å². The van der Waals surface area contributed by atoms with Gasteiger partial charge in [0.1, 0.15) is 0 Å². The van der Waals surface area contributed by atoms with Crippen LogP contribution < -0.4 is 10.5 Å². The van der Waals surface area contributed by atoms with Crippen LogP contribution in [0.4, 0.5) is 5.69 Å². The van der Waals surface area contributed by atoms with Gasteiger partial charge in [-0.25, -0.2) is 8.42 Å². The molecule has 0 aliphatic heterocycles. The Balaban J connectivity index is 3.15. The normalized spacial score (nSPS) is 11.4. The molecule has 1 rings (SSSR count). The molecule has 0 unspecified atom stereocenters. The van der Waals surface area contributed by atoms with Gasteiger partial charge in [-0.3, -0.25) is 4.72 Å². The molecule has 0 aliphatic rings. The van der Waals surface area contributed by atoms with Crippen molar-refractivity contribution in [3.63, 3.8) is 0 Å². The van der Waals surface area contributed by atoms with E-state index in [1.807, 2.05) is 13.0 Å². The molecular formula is C9H14N2O2S. The molecule has 3 N–H and O–H groups in total. The topological polar surface area (TPSA) is 72.2 Å². The smallest absolute Gasteiger partial charge is 0.229 e. The molecule has 0 fully saturated rings. The van der Waals surface area contributed by atoms with E-state index in [1.54, 1.807) is 12.1 Å². The highest BCUT2D eigenvalue weighted by Gasteiger charge is 2.07. The summed E-state index contributed by atoms with van der Waals surface area (Å²) >= 11 is 0. The van der Waals surface area contributed by atoms with Gasteiger partial charge in [0.15, 0.2) is 0 Å². The fourth-order valence-electron chi connectivity index (χ4n) is 1.27. The summed E-state index contributed by atoms with van der Waals surface area (Å²) in [5.74, 6) is 0. The second-order valence-electron chi connectivity index (χ2n) is 3.18. The van der Waals surface area contributed by atoms with Crippen LogP contribution in [0.25, 0.3) is 0 Å². The van der Waals surface area contributed by atoms with Crippen molar-refractivity contribution in [3.8, 4) is 0 Å². The van der Waals surface area contributed by atoms with E-state index in [0.717, 1.165) is 17.4 Å². The number of anilines is 1. The molecule has 0 saturated carbocycles. The van der Waals surface area contributed by atoms with E-state index in [2.05, 4.69) is 4.72 Å². The van der Waals surface area contributed by atoms with Crippen molar-refractivity contribution in [2.24, 2.45) is 5.73 Å². The average molecular weight is 214 g/mol. The molecule has 4 nitrogen and oxygen atoms in total. The number of aryl methyl sites for hydroxylation is 1. The van der Waals surface area contributed by atoms with Crippen molar-refractivity contribution in [1.82, 2.24) is 0 Å². The van der Waals surface area contributed by atoms with Gasteiger partial charge in [-0.1, -0.05) is 12.1 Å². The van der Waals surface area contributed by atoms with Gasteiger partial charge in [0.2, 0.25) is 10.0 Å². The van der Waals surface area contributed by atoms with Gasteiger partial charge in [0.05, 0.1) is 11.9 Å². The molecule has 0 spiro atoms. The highest BCUT2D eigenvalue weighted by atomic mass is 32.2. The molecule has 0 amide bonds. The van der Waals surface area contributed by atoms with E-state index in [4.69, 9.17) is 5.73 Å². The lowest BCUT2D eigenvalue weighted by atomic mass is 10.1. The van der Waals surface area contributed by atoms with Crippen LogP contribution in [-0.2, 0) is 16.6 Å². The molecule has 0 aliphatic carbocycles. The summed E-state index contributed by atoms with van der Waals surface area (Å²) in [5.41, 5.74) is 7.92. The molecule has 1 aromatic rings. The predicted molar refractivity (Wildman–Crippen MR) is 57.5 cm³/mol. The average Bonchev–Trinajstić information content (AvgIpc) is 2.01. The fourth-order valence-corrected chi connectivity index (χ4v) is 1.86. The lowest BCUT2D eigenvalue weighted by Crippen LogP contribution is -2.13. The van der Waals surface area contributed by atoms with E-state index < -0.39 is 10.0 Å². The largest absolute Gasteiger partial charge is 0.326 e. The summed E-state index contributed by atoms with van der Waals surface area (Å²) in [6.45, 7) is 2.22. The molecule has 14 heavy (non-hydrogen) atoms. The number of benzene rings is 1. The second kappa shape index (κ2) is 3.98. The Morgan fingerprint density at radius 1 is 1.43 bits per heavy atom. The standard InChI is InChI=1S/C9H14N2O2S/c1-7-4-3-5-9(8(7)6-10)11-14(2,12)13/h3-5,11H,6,10H2,1-2H3. The van der Waals surface area contributed by atoms with Crippen molar-refractivity contribution in [2.75, 3.05) is 11.0 Å². The van der Waals surface area contributed by atoms with E-state index in [1.165, 1.54) is 0 Å². The minimum Gasteiger partial charge on any atom is -0.326 e. The Morgan fingerprint density at radius 3 is 2.57 bits per heavy atom. The van der Waals surface area contributed by atoms with E-state index in [9.17, 15) is 8.42 Å². The van der Waals surface area contributed by atoms with E-state index >= 15 is 0 Å². The van der Waals surface area contributed by atoms with Crippen molar-refractivity contribution in [1.29, 1.82) is 0 Å². The quantitative estimate of drug-likeness (QED) is 0.782. The van der Waals surface area contributed by atoms with Gasteiger partial charge in [0, 0.05) is 6.54 Å². The summed E-state index contributed by atoms with van der Waals surface area (Å²) in [7, 11) is -3.23. The third-order valence-electron chi connectivity index (χ3n) is 1.91. The zero-order chi connectivity index (χ0) is 10.8. The molecule has 0 radical (unpaired) electrons. The zero-order valence-electron chi connectivity index (χ0n) is 8.24. The van der Waals surface area contributed by atoms with Gasteiger partial charge in [0.25, 0.3) is 0 Å². The maximum Gasteiger partial charge on any atom is 0.229 e. The van der Waals surface area contributed by atoms with Crippen LogP contribution in [0.1, 0.15) is 11.1 Å². The van der Waals surface area contributed by atoms with E-state index in [-0.39, 0.29) is 0 Å². The molecule has 0 bridgehead atoms. The Morgan fingerprint density at radius 2 is 2.07 bits per heavy atom. The number of hydrogen-bond donors (Lipinski definition) is 2. The second-order valence-corrected chi connectivity index (χ2v) is 4.93.